The van der Waals surface area contributed by atoms with Gasteiger partial charge in [-0.25, -0.2) is 15.0 Å². The minimum Gasteiger partial charge on any atom is -0.298 e. The Labute approximate surface area is 146 Å². The Balaban J connectivity index is 1.70. The Morgan fingerprint density at radius 1 is 1.20 bits per heavy atom. The van der Waals surface area contributed by atoms with Crippen molar-refractivity contribution in [3.8, 4) is 0 Å². The molecule has 1 aliphatic heterocycles. The average molecular weight is 335 g/mol. The molecule has 1 unspecified atom stereocenters. The van der Waals surface area contributed by atoms with Crippen molar-refractivity contribution < 1.29 is 0 Å². The molecule has 1 atom stereocenters. The van der Waals surface area contributed by atoms with Crippen molar-refractivity contribution in [2.24, 2.45) is 7.05 Å². The van der Waals surface area contributed by atoms with E-state index in [1.54, 1.807) is 4.57 Å². The highest BCUT2D eigenvalue weighted by Gasteiger charge is 2.29. The van der Waals surface area contributed by atoms with Crippen LogP contribution in [0.4, 0.5) is 0 Å². The van der Waals surface area contributed by atoms with Crippen LogP contribution in [0.5, 0.6) is 0 Å². The zero-order valence-electron chi connectivity index (χ0n) is 14.5. The van der Waals surface area contributed by atoms with Gasteiger partial charge in [0.15, 0.2) is 0 Å². The molecule has 0 aliphatic carbocycles. The number of hydrogen-bond acceptors (Lipinski definition) is 5. The van der Waals surface area contributed by atoms with Gasteiger partial charge in [0.2, 0.25) is 0 Å². The van der Waals surface area contributed by atoms with E-state index in [0.29, 0.717) is 5.39 Å². The van der Waals surface area contributed by atoms with Crippen molar-refractivity contribution in [2.75, 3.05) is 6.54 Å². The normalized spacial score (nSPS) is 18.1. The summed E-state index contributed by atoms with van der Waals surface area (Å²) in [4.78, 5) is 28.4. The lowest BCUT2D eigenvalue weighted by Gasteiger charge is -2.25. The largest absolute Gasteiger partial charge is 0.298 e. The van der Waals surface area contributed by atoms with Crippen molar-refractivity contribution in [1.82, 2.24) is 24.4 Å². The highest BCUT2D eigenvalue weighted by atomic mass is 16.1. The molecule has 3 heterocycles. The molecule has 6 nitrogen and oxygen atoms in total. The van der Waals surface area contributed by atoms with Crippen LogP contribution in [0.1, 0.15) is 36.1 Å². The van der Waals surface area contributed by atoms with Gasteiger partial charge in [0.1, 0.15) is 11.6 Å². The van der Waals surface area contributed by atoms with E-state index in [9.17, 15) is 4.79 Å². The summed E-state index contributed by atoms with van der Waals surface area (Å²) in [6.45, 7) is 3.64. The molecule has 0 N–H and O–H groups in total. The van der Waals surface area contributed by atoms with Gasteiger partial charge < -0.3 is 0 Å². The van der Waals surface area contributed by atoms with Gasteiger partial charge in [-0.2, -0.15) is 0 Å². The van der Waals surface area contributed by atoms with Crippen LogP contribution in [0.25, 0.3) is 10.9 Å². The predicted molar refractivity (Wildman–Crippen MR) is 96.1 cm³/mol. The minimum absolute atomic E-state index is 0.0196. The first-order chi connectivity index (χ1) is 12.1. The summed E-state index contributed by atoms with van der Waals surface area (Å²) in [7, 11) is 1.82. The monoisotopic (exact) mass is 335 g/mol. The van der Waals surface area contributed by atoms with E-state index in [4.69, 9.17) is 4.98 Å². The molecular weight excluding hydrogens is 314 g/mol. The number of benzene rings is 1. The second-order valence-corrected chi connectivity index (χ2v) is 6.62. The molecule has 1 fully saturated rings. The Bertz CT molecular complexity index is 964. The van der Waals surface area contributed by atoms with Gasteiger partial charge in [-0.1, -0.05) is 12.1 Å². The van der Waals surface area contributed by atoms with Crippen molar-refractivity contribution in [1.29, 1.82) is 0 Å². The number of hydrogen-bond donors (Lipinski definition) is 0. The first-order valence-electron chi connectivity index (χ1n) is 8.61. The summed E-state index contributed by atoms with van der Waals surface area (Å²) in [5, 5.41) is 0.672. The second kappa shape index (κ2) is 6.37. The quantitative estimate of drug-likeness (QED) is 0.735. The van der Waals surface area contributed by atoms with Crippen LogP contribution in [0.2, 0.25) is 0 Å². The summed E-state index contributed by atoms with van der Waals surface area (Å²) in [6, 6.07) is 7.69. The molecular formula is C19H21N5O. The minimum atomic E-state index is 0.0196. The maximum Gasteiger partial charge on any atom is 0.261 e. The Morgan fingerprint density at radius 2 is 1.96 bits per heavy atom. The van der Waals surface area contributed by atoms with Crippen molar-refractivity contribution in [3.63, 3.8) is 0 Å². The van der Waals surface area contributed by atoms with E-state index in [1.807, 2.05) is 50.6 Å². The first kappa shape index (κ1) is 15.9. The van der Waals surface area contributed by atoms with E-state index in [1.165, 1.54) is 0 Å². The van der Waals surface area contributed by atoms with E-state index in [0.717, 1.165) is 48.7 Å². The summed E-state index contributed by atoms with van der Waals surface area (Å²) in [5.74, 6) is 1.62. The van der Waals surface area contributed by atoms with Gasteiger partial charge >= 0.3 is 0 Å². The molecule has 0 radical (unpaired) electrons. The highest BCUT2D eigenvalue weighted by Crippen LogP contribution is 2.31. The molecule has 3 aromatic rings. The lowest BCUT2D eigenvalue weighted by molar-refractivity contribution is 0.234. The summed E-state index contributed by atoms with van der Waals surface area (Å²) < 4.78 is 1.71. The maximum atomic E-state index is 12.7. The van der Waals surface area contributed by atoms with Crippen LogP contribution in [0.15, 0.2) is 41.5 Å². The average Bonchev–Trinajstić information content (AvgIpc) is 3.08. The van der Waals surface area contributed by atoms with Gasteiger partial charge in [0.05, 0.1) is 16.9 Å². The van der Waals surface area contributed by atoms with Crippen LogP contribution >= 0.6 is 0 Å². The number of rotatable bonds is 3. The number of aryl methyl sites for hydroxylation is 1. The van der Waals surface area contributed by atoms with Gasteiger partial charge in [-0.3, -0.25) is 14.3 Å². The molecule has 0 saturated carbocycles. The van der Waals surface area contributed by atoms with Crippen LogP contribution in [-0.4, -0.2) is 31.0 Å². The second-order valence-electron chi connectivity index (χ2n) is 6.62. The molecule has 1 saturated heterocycles. The molecule has 6 heteroatoms. The third kappa shape index (κ3) is 2.93. The highest BCUT2D eigenvalue weighted by molar-refractivity contribution is 5.77. The first-order valence-corrected chi connectivity index (χ1v) is 8.61. The van der Waals surface area contributed by atoms with Gasteiger partial charge in [0, 0.05) is 31.5 Å². The molecule has 0 amide bonds. The zero-order valence-corrected chi connectivity index (χ0v) is 14.5. The number of fused-ring (bicyclic) bond motifs is 1. The lowest BCUT2D eigenvalue weighted by Crippen LogP contribution is -2.30. The van der Waals surface area contributed by atoms with Crippen LogP contribution in [0.3, 0.4) is 0 Å². The van der Waals surface area contributed by atoms with Crippen LogP contribution < -0.4 is 5.56 Å². The number of likely N-dealkylation sites (tertiary alicyclic amines) is 1. The zero-order chi connectivity index (χ0) is 17.4. The lowest BCUT2D eigenvalue weighted by atomic mass is 10.1. The molecule has 4 rings (SSSR count). The fourth-order valence-corrected chi connectivity index (χ4v) is 3.58. The summed E-state index contributed by atoms with van der Waals surface area (Å²) in [5.41, 5.74) is 1.88. The molecule has 1 aromatic carbocycles. The summed E-state index contributed by atoms with van der Waals surface area (Å²) in [6.07, 6.45) is 5.86. The van der Waals surface area contributed by atoms with Crippen molar-refractivity contribution >= 4 is 10.9 Å². The number of nitrogens with zero attached hydrogens (tertiary/aromatic N) is 5. The smallest absolute Gasteiger partial charge is 0.261 e. The van der Waals surface area contributed by atoms with E-state index < -0.39 is 0 Å². The fourth-order valence-electron chi connectivity index (χ4n) is 3.58. The fraction of sp³-hybridized carbons (Fsp3) is 0.368. The summed E-state index contributed by atoms with van der Waals surface area (Å²) >= 11 is 0. The molecule has 128 valence electrons. The topological polar surface area (TPSA) is 63.9 Å². The van der Waals surface area contributed by atoms with Crippen LogP contribution in [-0.2, 0) is 13.6 Å². The molecule has 0 spiro atoms. The van der Waals surface area contributed by atoms with Gasteiger partial charge in [-0.05, 0) is 38.4 Å². The molecule has 0 bridgehead atoms. The third-order valence-corrected chi connectivity index (χ3v) is 4.90. The van der Waals surface area contributed by atoms with Crippen molar-refractivity contribution in [3.05, 3.63) is 64.2 Å². The Hall–Kier alpha value is -2.60. The SMILES string of the molecule is Cc1ncc(CN2CCCC2c2nc3ccccc3c(=O)n2C)cn1. The van der Waals surface area contributed by atoms with Crippen molar-refractivity contribution in [2.45, 2.75) is 32.4 Å². The van der Waals surface area contributed by atoms with E-state index in [2.05, 4.69) is 14.9 Å². The molecule has 25 heavy (non-hydrogen) atoms. The Kier molecular flexibility index (Phi) is 4.05. The van der Waals surface area contributed by atoms with E-state index in [-0.39, 0.29) is 11.6 Å². The van der Waals surface area contributed by atoms with Gasteiger partial charge in [-0.15, -0.1) is 0 Å². The molecule has 1 aliphatic rings. The number of para-hydroxylation sites is 1. The third-order valence-electron chi connectivity index (χ3n) is 4.90. The maximum absolute atomic E-state index is 12.7. The van der Waals surface area contributed by atoms with Crippen LogP contribution in [0, 0.1) is 6.92 Å². The molecule has 2 aromatic heterocycles. The standard InChI is InChI=1S/C19H21N5O/c1-13-20-10-14(11-21-13)12-24-9-5-8-17(24)18-22-16-7-4-3-6-15(16)19(25)23(18)2/h3-4,6-7,10-11,17H,5,8-9,12H2,1-2H3. The Morgan fingerprint density at radius 3 is 2.76 bits per heavy atom. The van der Waals surface area contributed by atoms with E-state index >= 15 is 0 Å². The van der Waals surface area contributed by atoms with Gasteiger partial charge in [0.25, 0.3) is 5.56 Å². The number of aromatic nitrogens is 4. The predicted octanol–water partition coefficient (Wildman–Crippen LogP) is 2.37.